The van der Waals surface area contributed by atoms with E-state index in [0.717, 1.165) is 12.5 Å². The normalized spacial score (nSPS) is 9.38. The van der Waals surface area contributed by atoms with Crippen molar-refractivity contribution < 1.29 is 39.1 Å². The average molecular weight is 207 g/mol. The molecule has 0 bridgehead atoms. The van der Waals surface area contributed by atoms with Gasteiger partial charge in [0.2, 0.25) is 0 Å². The quantitative estimate of drug-likeness (QED) is 0.324. The van der Waals surface area contributed by atoms with E-state index in [-0.39, 0.29) is 29.6 Å². The molecule has 0 saturated carbocycles. The number of rotatable bonds is 4. The van der Waals surface area contributed by atoms with Crippen LogP contribution in [0.2, 0.25) is 25.7 Å². The van der Waals surface area contributed by atoms with Gasteiger partial charge >= 0.3 is 29.6 Å². The largest absolute Gasteiger partial charge is 1.00 e. The Labute approximate surface area is 103 Å². The Bertz CT molecular complexity index is 195. The van der Waals surface area contributed by atoms with Crippen molar-refractivity contribution in [3.05, 3.63) is 6.42 Å². The third-order valence-electron chi connectivity index (χ3n) is 1.28. The second kappa shape index (κ2) is 7.45. The molecule has 3 nitrogen and oxygen atoms in total. The minimum atomic E-state index is -1.12. The molecule has 0 aromatic rings. The van der Waals surface area contributed by atoms with Gasteiger partial charge < -0.3 is 4.74 Å². The number of ether oxygens (including phenoxy) is 1. The fourth-order valence-electron chi connectivity index (χ4n) is 0.552. The van der Waals surface area contributed by atoms with Crippen LogP contribution in [0.1, 0.15) is 0 Å². The molecule has 0 amide bonds. The molecule has 13 heavy (non-hydrogen) atoms. The zero-order valence-corrected chi connectivity index (χ0v) is 11.8. The Balaban J connectivity index is 0. The zero-order chi connectivity index (χ0) is 9.61. The summed E-state index contributed by atoms with van der Waals surface area (Å²) in [6.07, 6.45) is 0.879. The van der Waals surface area contributed by atoms with Crippen LogP contribution in [-0.4, -0.2) is 20.7 Å². The van der Waals surface area contributed by atoms with E-state index in [1.165, 1.54) is 0 Å². The van der Waals surface area contributed by atoms with Crippen LogP contribution in [0.3, 0.4) is 0 Å². The van der Waals surface area contributed by atoms with Gasteiger partial charge in [0.25, 0.3) is 0 Å². The smallest absolute Gasteiger partial charge is 0.487 e. The van der Waals surface area contributed by atoms with Crippen LogP contribution in [-0.2, 0) is 9.53 Å². The van der Waals surface area contributed by atoms with Gasteiger partial charge in [-0.05, 0) is 6.04 Å². The maximum absolute atomic E-state index is 10.6. The van der Waals surface area contributed by atoms with Crippen LogP contribution in [0, 0.1) is 17.8 Å². The van der Waals surface area contributed by atoms with Crippen molar-refractivity contribution in [2.45, 2.75) is 25.7 Å². The molecular formula is C8H14NNaO2Si. The van der Waals surface area contributed by atoms with Crippen molar-refractivity contribution >= 4 is 14.0 Å². The molecular weight excluding hydrogens is 193 g/mol. The monoisotopic (exact) mass is 207 g/mol. The molecule has 0 aromatic carbocycles. The standard InChI is InChI=1S/C8H14NO2Si.Na/c1-12(2,3)7-6-11-8(10)4-5-9;/h4H,6-7H2,1-3H3;/q-1;+1. The van der Waals surface area contributed by atoms with Gasteiger partial charge in [0.1, 0.15) is 0 Å². The summed E-state index contributed by atoms with van der Waals surface area (Å²) < 4.78 is 4.78. The number of hydrogen-bond donors (Lipinski definition) is 0. The maximum atomic E-state index is 10.6. The Kier molecular flexibility index (Phi) is 8.89. The second-order valence-corrected chi connectivity index (χ2v) is 9.37. The summed E-state index contributed by atoms with van der Waals surface area (Å²) in [4.78, 5) is 10.6. The van der Waals surface area contributed by atoms with Gasteiger partial charge in [-0.25, -0.2) is 5.26 Å². The first-order valence-electron chi connectivity index (χ1n) is 3.85. The van der Waals surface area contributed by atoms with E-state index in [0.29, 0.717) is 6.61 Å². The number of hydrogen-bond acceptors (Lipinski definition) is 3. The average Bonchev–Trinajstić information content (AvgIpc) is 1.84. The third-order valence-corrected chi connectivity index (χ3v) is 2.98. The first-order valence-corrected chi connectivity index (χ1v) is 7.56. The summed E-state index contributed by atoms with van der Waals surface area (Å²) in [6.45, 7) is 7.05. The Morgan fingerprint density at radius 2 is 2.08 bits per heavy atom. The molecule has 0 unspecified atom stereocenters. The van der Waals surface area contributed by atoms with Gasteiger partial charge in [0.05, 0.1) is 6.61 Å². The van der Waals surface area contributed by atoms with Crippen molar-refractivity contribution in [3.63, 3.8) is 0 Å². The molecule has 0 fully saturated rings. The molecule has 0 aromatic heterocycles. The topological polar surface area (TPSA) is 50.1 Å². The van der Waals surface area contributed by atoms with Crippen LogP contribution in [0.25, 0.3) is 0 Å². The van der Waals surface area contributed by atoms with Crippen molar-refractivity contribution in [2.75, 3.05) is 6.61 Å². The van der Waals surface area contributed by atoms with Crippen LogP contribution in [0.4, 0.5) is 0 Å². The Morgan fingerprint density at radius 1 is 1.54 bits per heavy atom. The molecule has 0 spiro atoms. The van der Waals surface area contributed by atoms with Crippen LogP contribution in [0.5, 0.6) is 0 Å². The Morgan fingerprint density at radius 3 is 2.46 bits per heavy atom. The molecule has 0 rings (SSSR count). The predicted molar refractivity (Wildman–Crippen MR) is 49.0 cm³/mol. The predicted octanol–water partition coefficient (Wildman–Crippen LogP) is -1.40. The van der Waals surface area contributed by atoms with E-state index in [4.69, 9.17) is 10.00 Å². The van der Waals surface area contributed by atoms with Gasteiger partial charge in [-0.2, -0.15) is 6.42 Å². The fourth-order valence-corrected chi connectivity index (χ4v) is 1.27. The molecule has 0 aliphatic carbocycles. The summed E-state index contributed by atoms with van der Waals surface area (Å²) >= 11 is 0. The fraction of sp³-hybridized carbons (Fsp3) is 0.625. The van der Waals surface area contributed by atoms with Crippen molar-refractivity contribution in [2.24, 2.45) is 0 Å². The second-order valence-electron chi connectivity index (χ2n) is 3.75. The molecule has 0 saturated heterocycles. The van der Waals surface area contributed by atoms with Crippen LogP contribution in [0.15, 0.2) is 0 Å². The molecule has 0 aliphatic heterocycles. The molecule has 68 valence electrons. The first kappa shape index (κ1) is 15.5. The molecule has 5 heteroatoms. The number of nitrogens with zero attached hydrogens (tertiary/aromatic N) is 1. The molecule has 0 atom stereocenters. The number of nitriles is 1. The minimum absolute atomic E-state index is 0. The Hall–Kier alpha value is 0.0469. The van der Waals surface area contributed by atoms with E-state index in [1.807, 2.05) is 0 Å². The number of carbonyl (C=O) groups is 1. The van der Waals surface area contributed by atoms with Gasteiger partial charge in [-0.3, -0.25) is 4.79 Å². The van der Waals surface area contributed by atoms with Gasteiger partial charge in [-0.15, -0.1) is 0 Å². The van der Waals surface area contributed by atoms with E-state index in [1.54, 1.807) is 6.07 Å². The van der Waals surface area contributed by atoms with Crippen molar-refractivity contribution in [1.82, 2.24) is 0 Å². The first-order chi connectivity index (χ1) is 5.45. The summed E-state index contributed by atoms with van der Waals surface area (Å²) in [5.74, 6) is -0.532. The van der Waals surface area contributed by atoms with Crippen molar-refractivity contribution in [3.8, 4) is 6.07 Å². The van der Waals surface area contributed by atoms with E-state index in [2.05, 4.69) is 19.6 Å². The molecule has 0 N–H and O–H groups in total. The van der Waals surface area contributed by atoms with Crippen molar-refractivity contribution in [1.29, 1.82) is 5.26 Å². The van der Waals surface area contributed by atoms with Gasteiger partial charge in [0.15, 0.2) is 5.97 Å². The van der Waals surface area contributed by atoms with Gasteiger partial charge in [-0.1, -0.05) is 25.7 Å². The number of esters is 1. The summed E-state index contributed by atoms with van der Waals surface area (Å²) in [5, 5.41) is 8.10. The molecule has 0 heterocycles. The number of carbonyl (C=O) groups excluding carboxylic acids is 1. The molecule has 0 aliphatic rings. The maximum Gasteiger partial charge on any atom is 1.00 e. The summed E-state index contributed by atoms with van der Waals surface area (Å²) in [7, 11) is -1.12. The van der Waals surface area contributed by atoms with E-state index in [9.17, 15) is 4.79 Å². The van der Waals surface area contributed by atoms with E-state index < -0.39 is 14.0 Å². The summed E-state index contributed by atoms with van der Waals surface area (Å²) in [6, 6.07) is 2.57. The van der Waals surface area contributed by atoms with E-state index >= 15 is 0 Å². The van der Waals surface area contributed by atoms with Crippen LogP contribution < -0.4 is 29.6 Å². The SMILES string of the molecule is C[Si](C)(C)CCOC(=O)[CH-]C#N.[Na+]. The third kappa shape index (κ3) is 12.0. The summed E-state index contributed by atoms with van der Waals surface area (Å²) in [5.41, 5.74) is 0. The minimum Gasteiger partial charge on any atom is -0.487 e. The zero-order valence-electron chi connectivity index (χ0n) is 8.76. The van der Waals surface area contributed by atoms with Gasteiger partial charge in [0, 0.05) is 8.07 Å². The van der Waals surface area contributed by atoms with Crippen LogP contribution >= 0.6 is 0 Å². The molecule has 0 radical (unpaired) electrons.